The molecule has 74 valence electrons. The summed E-state index contributed by atoms with van der Waals surface area (Å²) in [4.78, 5) is 0.720. The third-order valence-electron chi connectivity index (χ3n) is 1.79. The summed E-state index contributed by atoms with van der Waals surface area (Å²) in [6, 6.07) is 8.87. The van der Waals surface area contributed by atoms with E-state index in [0.29, 0.717) is 11.4 Å². The van der Waals surface area contributed by atoms with Gasteiger partial charge in [0.25, 0.3) is 0 Å². The maximum absolute atomic E-state index is 11.8. The lowest BCUT2D eigenvalue weighted by Crippen LogP contribution is -2.09. The van der Waals surface area contributed by atoms with Gasteiger partial charge in [-0.1, -0.05) is 11.6 Å². The van der Waals surface area contributed by atoms with Gasteiger partial charge in [-0.25, -0.2) is 0 Å². The molecule has 0 amide bonds. The smallest absolute Gasteiger partial charge is 0.0634 e. The van der Waals surface area contributed by atoms with Gasteiger partial charge in [-0.2, -0.15) is 5.26 Å². The molecule has 2 atom stereocenters. The zero-order valence-electron chi connectivity index (χ0n) is 7.74. The van der Waals surface area contributed by atoms with Crippen molar-refractivity contribution in [1.29, 1.82) is 5.26 Å². The Kier molecular flexibility index (Phi) is 4.12. The van der Waals surface area contributed by atoms with E-state index in [1.807, 2.05) is 6.07 Å². The summed E-state index contributed by atoms with van der Waals surface area (Å²) in [6.45, 7) is 1.80. The van der Waals surface area contributed by atoms with Crippen LogP contribution in [-0.4, -0.2) is 9.46 Å². The molecular formula is C10H10ClNOS. The second-order valence-electron chi connectivity index (χ2n) is 2.92. The first-order valence-electron chi connectivity index (χ1n) is 4.18. The van der Waals surface area contributed by atoms with Crippen LogP contribution in [0.2, 0.25) is 5.02 Å². The van der Waals surface area contributed by atoms with Gasteiger partial charge in [0.2, 0.25) is 0 Å². The average Bonchev–Trinajstić information content (AvgIpc) is 2.18. The number of nitrogens with zero attached hydrogens (tertiary/aromatic N) is 1. The molecule has 0 aliphatic rings. The van der Waals surface area contributed by atoms with E-state index in [-0.39, 0.29) is 5.25 Å². The molecule has 1 aromatic carbocycles. The number of benzene rings is 1. The van der Waals surface area contributed by atoms with Gasteiger partial charge in [0.1, 0.15) is 0 Å². The molecule has 0 radical (unpaired) electrons. The first kappa shape index (κ1) is 11.2. The molecule has 0 aliphatic heterocycles. The summed E-state index contributed by atoms with van der Waals surface area (Å²) < 4.78 is 11.8. The third-order valence-corrected chi connectivity index (χ3v) is 3.68. The minimum atomic E-state index is -1.12. The predicted octanol–water partition coefficient (Wildman–Crippen LogP) is 2.75. The van der Waals surface area contributed by atoms with E-state index in [1.54, 1.807) is 31.2 Å². The molecule has 2 unspecified atom stereocenters. The molecule has 0 bridgehead atoms. The van der Waals surface area contributed by atoms with Crippen molar-refractivity contribution < 1.29 is 4.21 Å². The number of halogens is 1. The zero-order chi connectivity index (χ0) is 10.6. The SMILES string of the molecule is CC(CC#N)S(=O)c1ccc(Cl)cc1. The number of rotatable bonds is 3. The maximum Gasteiger partial charge on any atom is 0.0634 e. The largest absolute Gasteiger partial charge is 0.254 e. The highest BCUT2D eigenvalue weighted by atomic mass is 35.5. The van der Waals surface area contributed by atoms with Gasteiger partial charge in [-0.05, 0) is 31.2 Å². The van der Waals surface area contributed by atoms with Crippen LogP contribution in [0.4, 0.5) is 0 Å². The molecule has 2 nitrogen and oxygen atoms in total. The van der Waals surface area contributed by atoms with Crippen LogP contribution < -0.4 is 0 Å². The molecule has 0 N–H and O–H groups in total. The maximum atomic E-state index is 11.8. The summed E-state index contributed by atoms with van der Waals surface area (Å²) >= 11 is 5.71. The minimum absolute atomic E-state index is 0.138. The van der Waals surface area contributed by atoms with Crippen molar-refractivity contribution in [3.63, 3.8) is 0 Å². The molecule has 0 heterocycles. The van der Waals surface area contributed by atoms with Crippen molar-refractivity contribution in [2.24, 2.45) is 0 Å². The van der Waals surface area contributed by atoms with Crippen LogP contribution in [0.3, 0.4) is 0 Å². The fourth-order valence-electron chi connectivity index (χ4n) is 1.01. The predicted molar refractivity (Wildman–Crippen MR) is 57.6 cm³/mol. The van der Waals surface area contributed by atoms with Crippen LogP contribution in [0.15, 0.2) is 29.2 Å². The summed E-state index contributed by atoms with van der Waals surface area (Å²) in [5.74, 6) is 0. The molecule has 0 saturated heterocycles. The minimum Gasteiger partial charge on any atom is -0.254 e. The van der Waals surface area contributed by atoms with E-state index >= 15 is 0 Å². The standard InChI is InChI=1S/C10H10ClNOS/c1-8(6-7-12)14(13)10-4-2-9(11)3-5-10/h2-5,8H,6H2,1H3. The Morgan fingerprint density at radius 2 is 2.07 bits per heavy atom. The van der Waals surface area contributed by atoms with E-state index in [2.05, 4.69) is 0 Å². The first-order valence-corrected chi connectivity index (χ1v) is 5.77. The molecule has 0 aliphatic carbocycles. The van der Waals surface area contributed by atoms with Crippen molar-refractivity contribution in [1.82, 2.24) is 0 Å². The third kappa shape index (κ3) is 2.83. The summed E-state index contributed by atoms with van der Waals surface area (Å²) in [5.41, 5.74) is 0. The average molecular weight is 228 g/mol. The van der Waals surface area contributed by atoms with E-state index < -0.39 is 10.8 Å². The van der Waals surface area contributed by atoms with Crippen LogP contribution >= 0.6 is 11.6 Å². The Labute approximate surface area is 91.0 Å². The topological polar surface area (TPSA) is 40.9 Å². The van der Waals surface area contributed by atoms with Gasteiger partial charge in [-0.15, -0.1) is 0 Å². The Morgan fingerprint density at radius 1 is 1.50 bits per heavy atom. The van der Waals surface area contributed by atoms with Gasteiger partial charge >= 0.3 is 0 Å². The van der Waals surface area contributed by atoms with Crippen molar-refractivity contribution in [2.45, 2.75) is 23.5 Å². The van der Waals surface area contributed by atoms with E-state index in [4.69, 9.17) is 16.9 Å². The van der Waals surface area contributed by atoms with Crippen LogP contribution in [-0.2, 0) is 10.8 Å². The van der Waals surface area contributed by atoms with E-state index in [1.165, 1.54) is 0 Å². The van der Waals surface area contributed by atoms with Crippen LogP contribution in [0.25, 0.3) is 0 Å². The molecule has 1 aromatic rings. The Hall–Kier alpha value is -0.850. The Balaban J connectivity index is 2.80. The van der Waals surface area contributed by atoms with Crippen molar-refractivity contribution in [2.75, 3.05) is 0 Å². The van der Waals surface area contributed by atoms with E-state index in [9.17, 15) is 4.21 Å². The number of nitriles is 1. The molecule has 0 fully saturated rings. The molecular weight excluding hydrogens is 218 g/mol. The fourth-order valence-corrected chi connectivity index (χ4v) is 2.23. The quantitative estimate of drug-likeness (QED) is 0.797. The lowest BCUT2D eigenvalue weighted by molar-refractivity contribution is 0.673. The molecule has 0 saturated carbocycles. The molecule has 4 heteroatoms. The highest BCUT2D eigenvalue weighted by molar-refractivity contribution is 7.85. The number of hydrogen-bond acceptors (Lipinski definition) is 2. The van der Waals surface area contributed by atoms with Crippen LogP contribution in [0.1, 0.15) is 13.3 Å². The Morgan fingerprint density at radius 3 is 2.57 bits per heavy atom. The van der Waals surface area contributed by atoms with Crippen molar-refractivity contribution in [3.8, 4) is 6.07 Å². The lowest BCUT2D eigenvalue weighted by Gasteiger charge is -2.06. The molecule has 1 rings (SSSR count). The summed E-state index contributed by atoms with van der Waals surface area (Å²) in [7, 11) is -1.12. The summed E-state index contributed by atoms with van der Waals surface area (Å²) in [5, 5.41) is 8.96. The molecule has 0 spiro atoms. The highest BCUT2D eigenvalue weighted by Crippen LogP contribution is 2.16. The van der Waals surface area contributed by atoms with Crippen molar-refractivity contribution in [3.05, 3.63) is 29.3 Å². The normalized spacial score (nSPS) is 14.4. The van der Waals surface area contributed by atoms with Gasteiger partial charge in [0.05, 0.1) is 16.9 Å². The lowest BCUT2D eigenvalue weighted by atomic mass is 10.4. The monoisotopic (exact) mass is 227 g/mol. The van der Waals surface area contributed by atoms with Crippen LogP contribution in [0.5, 0.6) is 0 Å². The second kappa shape index (κ2) is 5.14. The fraction of sp³-hybridized carbons (Fsp3) is 0.300. The van der Waals surface area contributed by atoms with Gasteiger partial charge in [0.15, 0.2) is 0 Å². The van der Waals surface area contributed by atoms with Gasteiger partial charge in [0, 0.05) is 21.6 Å². The molecule has 14 heavy (non-hydrogen) atoms. The van der Waals surface area contributed by atoms with Crippen molar-refractivity contribution >= 4 is 22.4 Å². The Bertz CT molecular complexity index is 369. The van der Waals surface area contributed by atoms with Crippen LogP contribution in [0, 0.1) is 11.3 Å². The van der Waals surface area contributed by atoms with Gasteiger partial charge in [-0.3, -0.25) is 4.21 Å². The first-order chi connectivity index (χ1) is 6.65. The second-order valence-corrected chi connectivity index (χ2v) is 5.23. The van der Waals surface area contributed by atoms with Gasteiger partial charge < -0.3 is 0 Å². The van der Waals surface area contributed by atoms with E-state index in [0.717, 1.165) is 4.90 Å². The zero-order valence-corrected chi connectivity index (χ0v) is 9.31. The molecule has 0 aromatic heterocycles. The number of hydrogen-bond donors (Lipinski definition) is 0. The summed E-state index contributed by atoms with van der Waals surface area (Å²) in [6.07, 6.45) is 0.301. The highest BCUT2D eigenvalue weighted by Gasteiger charge is 2.12.